The first-order valence-electron chi connectivity index (χ1n) is 17.9. The van der Waals surface area contributed by atoms with Crippen molar-refractivity contribution in [2.45, 2.75) is 0 Å². The Kier molecular flexibility index (Phi) is 7.45. The third kappa shape index (κ3) is 5.42. The highest BCUT2D eigenvalue weighted by molar-refractivity contribution is 6.23. The molecule has 5 nitrogen and oxygen atoms in total. The maximum Gasteiger partial charge on any atom is 0.164 e. The predicted molar refractivity (Wildman–Crippen MR) is 220 cm³/mol. The van der Waals surface area contributed by atoms with Gasteiger partial charge in [0.05, 0.1) is 17.1 Å². The van der Waals surface area contributed by atoms with Crippen molar-refractivity contribution in [3.63, 3.8) is 0 Å². The van der Waals surface area contributed by atoms with Crippen molar-refractivity contribution in [2.24, 2.45) is 0 Å². The minimum atomic E-state index is 0.608. The van der Waals surface area contributed by atoms with Crippen molar-refractivity contribution < 1.29 is 0 Å². The number of aromatic nitrogens is 4. The lowest BCUT2D eigenvalue weighted by atomic mass is 9.88. The van der Waals surface area contributed by atoms with E-state index in [9.17, 15) is 5.26 Å². The molecule has 0 bridgehead atoms. The molecule has 0 atom stereocenters. The number of rotatable bonds is 5. The second-order valence-electron chi connectivity index (χ2n) is 13.4. The molecule has 10 rings (SSSR count). The first-order valence-corrected chi connectivity index (χ1v) is 17.9. The largest absolute Gasteiger partial charge is 0.256 e. The summed E-state index contributed by atoms with van der Waals surface area (Å²) in [6, 6.07) is 60.5. The summed E-state index contributed by atoms with van der Waals surface area (Å²) in [6.45, 7) is 0. The maximum absolute atomic E-state index is 9.43. The van der Waals surface area contributed by atoms with Gasteiger partial charge in [-0.25, -0.2) is 15.0 Å². The molecule has 0 unspecified atom stereocenters. The minimum absolute atomic E-state index is 0.608. The van der Waals surface area contributed by atoms with Gasteiger partial charge in [0.25, 0.3) is 0 Å². The van der Waals surface area contributed by atoms with Crippen molar-refractivity contribution in [3.8, 4) is 62.5 Å². The van der Waals surface area contributed by atoms with Gasteiger partial charge in [-0.15, -0.1) is 0 Å². The highest BCUT2D eigenvalue weighted by Crippen LogP contribution is 2.42. The maximum atomic E-state index is 9.43. The van der Waals surface area contributed by atoms with Crippen LogP contribution >= 0.6 is 0 Å². The van der Waals surface area contributed by atoms with Crippen LogP contribution < -0.4 is 0 Å². The number of benzene rings is 8. The number of hydrogen-bond acceptors (Lipinski definition) is 5. The smallest absolute Gasteiger partial charge is 0.164 e. The molecule has 2 aromatic heterocycles. The number of nitriles is 1. The molecule has 0 aliphatic carbocycles. The van der Waals surface area contributed by atoms with Gasteiger partial charge in [-0.05, 0) is 91.5 Å². The van der Waals surface area contributed by atoms with E-state index in [-0.39, 0.29) is 0 Å². The Morgan fingerprint density at radius 3 is 1.67 bits per heavy atom. The summed E-state index contributed by atoms with van der Waals surface area (Å²) in [5.41, 5.74) is 8.70. The molecule has 0 saturated heterocycles. The molecular weight excluding hydrogens is 659 g/mol. The molecule has 0 N–H and O–H groups in total. The summed E-state index contributed by atoms with van der Waals surface area (Å²) in [5, 5.41) is 17.3. The first-order chi connectivity index (χ1) is 26.7. The van der Waals surface area contributed by atoms with E-state index in [4.69, 9.17) is 19.9 Å². The quantitative estimate of drug-likeness (QED) is 0.168. The summed E-state index contributed by atoms with van der Waals surface area (Å²) in [7, 11) is 0. The Morgan fingerprint density at radius 2 is 0.926 bits per heavy atom. The lowest BCUT2D eigenvalue weighted by molar-refractivity contribution is 1.07. The molecule has 0 spiro atoms. The Morgan fingerprint density at radius 1 is 0.370 bits per heavy atom. The minimum Gasteiger partial charge on any atom is -0.256 e. The van der Waals surface area contributed by atoms with E-state index in [1.807, 2.05) is 91.1 Å². The van der Waals surface area contributed by atoms with E-state index in [0.29, 0.717) is 23.0 Å². The number of pyridine rings is 1. The number of fused-ring (bicyclic) bond motifs is 6. The zero-order valence-corrected chi connectivity index (χ0v) is 29.0. The predicted octanol–water partition coefficient (Wildman–Crippen LogP) is 12.1. The van der Waals surface area contributed by atoms with Gasteiger partial charge in [0, 0.05) is 33.8 Å². The van der Waals surface area contributed by atoms with E-state index in [2.05, 4.69) is 91.0 Å². The van der Waals surface area contributed by atoms with E-state index >= 15 is 0 Å². The molecule has 250 valence electrons. The van der Waals surface area contributed by atoms with Crippen molar-refractivity contribution in [1.82, 2.24) is 19.9 Å². The highest BCUT2D eigenvalue weighted by atomic mass is 15.0. The average molecular weight is 688 g/mol. The van der Waals surface area contributed by atoms with Gasteiger partial charge in [-0.1, -0.05) is 127 Å². The lowest BCUT2D eigenvalue weighted by Gasteiger charge is -2.16. The SMILES string of the molecule is N#Cc1ccc2cc(-c3cc4c5cccnc5c(-c5cccc(-c6nc(-c7ccccc7)nc(-c7ccccc7)n6)c5)cc4c4ccccc34)ccc2c1. The van der Waals surface area contributed by atoms with Crippen molar-refractivity contribution in [2.75, 3.05) is 0 Å². The van der Waals surface area contributed by atoms with E-state index < -0.39 is 0 Å². The number of nitrogens with zero attached hydrogens (tertiary/aromatic N) is 5. The molecule has 0 amide bonds. The monoisotopic (exact) mass is 687 g/mol. The molecule has 0 aliphatic heterocycles. The van der Waals surface area contributed by atoms with Crippen LogP contribution in [0.4, 0.5) is 0 Å². The van der Waals surface area contributed by atoms with Crippen LogP contribution in [0.15, 0.2) is 176 Å². The first kappa shape index (κ1) is 31.2. The zero-order chi connectivity index (χ0) is 36.0. The number of hydrogen-bond donors (Lipinski definition) is 0. The Labute approximate surface area is 311 Å². The highest BCUT2D eigenvalue weighted by Gasteiger charge is 2.17. The summed E-state index contributed by atoms with van der Waals surface area (Å²) in [5.74, 6) is 1.86. The molecule has 54 heavy (non-hydrogen) atoms. The van der Waals surface area contributed by atoms with Gasteiger partial charge < -0.3 is 0 Å². The zero-order valence-electron chi connectivity index (χ0n) is 29.0. The van der Waals surface area contributed by atoms with Crippen molar-refractivity contribution in [3.05, 3.63) is 182 Å². The van der Waals surface area contributed by atoms with Crippen LogP contribution in [0.25, 0.3) is 99.6 Å². The lowest BCUT2D eigenvalue weighted by Crippen LogP contribution is -2.00. The van der Waals surface area contributed by atoms with Crippen molar-refractivity contribution >= 4 is 43.2 Å². The van der Waals surface area contributed by atoms with Crippen LogP contribution in [0.3, 0.4) is 0 Å². The summed E-state index contributed by atoms with van der Waals surface area (Å²) in [6.07, 6.45) is 1.87. The van der Waals surface area contributed by atoms with Gasteiger partial charge in [-0.2, -0.15) is 5.26 Å². The average Bonchev–Trinajstić information content (AvgIpc) is 3.26. The molecule has 8 aromatic carbocycles. The third-order valence-corrected chi connectivity index (χ3v) is 10.1. The molecule has 0 aliphatic rings. The molecule has 0 fully saturated rings. The van der Waals surface area contributed by atoms with Crippen LogP contribution in [0, 0.1) is 11.3 Å². The van der Waals surface area contributed by atoms with Gasteiger partial charge >= 0.3 is 0 Å². The summed E-state index contributed by atoms with van der Waals surface area (Å²) in [4.78, 5) is 19.9. The molecule has 0 saturated carbocycles. The molecule has 5 heteroatoms. The van der Waals surface area contributed by atoms with E-state index in [0.717, 1.165) is 71.4 Å². The van der Waals surface area contributed by atoms with Crippen LogP contribution in [0.5, 0.6) is 0 Å². The molecular formula is C49H29N5. The molecule has 2 heterocycles. The molecule has 0 radical (unpaired) electrons. The Bertz CT molecular complexity index is 3050. The van der Waals surface area contributed by atoms with Crippen LogP contribution in [-0.4, -0.2) is 19.9 Å². The van der Waals surface area contributed by atoms with E-state index in [1.165, 1.54) is 10.8 Å². The summed E-state index contributed by atoms with van der Waals surface area (Å²) >= 11 is 0. The van der Waals surface area contributed by atoms with Crippen molar-refractivity contribution in [1.29, 1.82) is 5.26 Å². The standard InChI is InChI=1S/C49H29N5/c50-30-31-20-21-35-26-37(23-22-34(35)25-31)42-28-45-41-19-10-24-51-46(41)43(29-44(45)40-18-8-7-17-39(40)42)36-15-9-16-38(27-36)49-53-47(32-11-3-1-4-12-32)52-48(54-49)33-13-5-2-6-14-33/h1-29H. The fourth-order valence-electron chi connectivity index (χ4n) is 7.53. The second-order valence-corrected chi connectivity index (χ2v) is 13.4. The second kappa shape index (κ2) is 12.9. The van der Waals surface area contributed by atoms with Gasteiger partial charge in [0.15, 0.2) is 17.5 Å². The van der Waals surface area contributed by atoms with E-state index in [1.54, 1.807) is 0 Å². The van der Waals surface area contributed by atoms with Gasteiger partial charge in [0.1, 0.15) is 0 Å². The van der Waals surface area contributed by atoms with Gasteiger partial charge in [0.2, 0.25) is 0 Å². The Balaban J connectivity index is 1.16. The van der Waals surface area contributed by atoms with Crippen LogP contribution in [-0.2, 0) is 0 Å². The van der Waals surface area contributed by atoms with Crippen LogP contribution in [0.2, 0.25) is 0 Å². The fraction of sp³-hybridized carbons (Fsp3) is 0. The molecule has 10 aromatic rings. The van der Waals surface area contributed by atoms with Gasteiger partial charge in [-0.3, -0.25) is 4.98 Å². The normalized spacial score (nSPS) is 11.3. The third-order valence-electron chi connectivity index (χ3n) is 10.1. The van der Waals surface area contributed by atoms with Crippen LogP contribution in [0.1, 0.15) is 5.56 Å². The topological polar surface area (TPSA) is 75.3 Å². The summed E-state index contributed by atoms with van der Waals surface area (Å²) < 4.78 is 0. The fourth-order valence-corrected chi connectivity index (χ4v) is 7.53. The Hall–Kier alpha value is -7.55.